The van der Waals surface area contributed by atoms with Crippen LogP contribution in [0.25, 0.3) is 0 Å². The zero-order valence-electron chi connectivity index (χ0n) is 13.0. The average Bonchev–Trinajstić information content (AvgIpc) is 3.12. The molecule has 0 aliphatic carbocycles. The van der Waals surface area contributed by atoms with Crippen LogP contribution in [0.3, 0.4) is 0 Å². The highest BCUT2D eigenvalue weighted by molar-refractivity contribution is 7.11. The molecule has 2 aliphatic rings. The first-order chi connectivity index (χ1) is 9.71. The molecule has 1 N–H and O–H groups in total. The predicted octanol–water partition coefficient (Wildman–Crippen LogP) is 3.08. The maximum absolute atomic E-state index is 5.03. The molecule has 0 spiro atoms. The Hall–Kier alpha value is -0.450. The number of nitrogens with one attached hydrogen (secondary N) is 1. The summed E-state index contributed by atoms with van der Waals surface area (Å²) in [6.07, 6.45) is 6.16. The second-order valence-corrected chi connectivity index (χ2v) is 7.42. The first kappa shape index (κ1) is 14.5. The van der Waals surface area contributed by atoms with Crippen molar-refractivity contribution in [1.29, 1.82) is 0 Å². The fourth-order valence-electron chi connectivity index (χ4n) is 3.96. The molecular formula is C16H27N3S. The number of hydrogen-bond acceptors (Lipinski definition) is 4. The molecule has 3 nitrogen and oxygen atoms in total. The van der Waals surface area contributed by atoms with Gasteiger partial charge in [0.2, 0.25) is 0 Å². The number of aromatic nitrogens is 1. The van der Waals surface area contributed by atoms with Gasteiger partial charge in [-0.3, -0.25) is 4.90 Å². The zero-order valence-corrected chi connectivity index (χ0v) is 13.9. The molecule has 2 fully saturated rings. The monoisotopic (exact) mass is 293 g/mol. The third-order valence-corrected chi connectivity index (χ3v) is 6.22. The topological polar surface area (TPSA) is 28.2 Å². The molecule has 2 unspecified atom stereocenters. The second-order valence-electron chi connectivity index (χ2n) is 6.22. The summed E-state index contributed by atoms with van der Waals surface area (Å²) in [6, 6.07) is 0.671. The number of rotatable bonds is 5. The van der Waals surface area contributed by atoms with Gasteiger partial charge < -0.3 is 5.32 Å². The highest BCUT2D eigenvalue weighted by Gasteiger charge is 2.51. The van der Waals surface area contributed by atoms with E-state index in [0.717, 1.165) is 13.0 Å². The molecule has 3 heterocycles. The molecule has 0 saturated carbocycles. The van der Waals surface area contributed by atoms with Crippen molar-refractivity contribution in [2.75, 3.05) is 19.6 Å². The lowest BCUT2D eigenvalue weighted by Crippen LogP contribution is -2.50. The van der Waals surface area contributed by atoms with Gasteiger partial charge in [0.05, 0.1) is 11.2 Å². The third kappa shape index (κ3) is 2.22. The van der Waals surface area contributed by atoms with E-state index in [4.69, 9.17) is 4.98 Å². The van der Waals surface area contributed by atoms with Crippen LogP contribution in [-0.2, 0) is 12.0 Å². The van der Waals surface area contributed by atoms with Crippen molar-refractivity contribution >= 4 is 11.3 Å². The minimum atomic E-state index is 0.134. The molecule has 3 rings (SSSR count). The Labute approximate surface area is 126 Å². The highest BCUT2D eigenvalue weighted by atomic mass is 32.1. The number of hydrogen-bond donors (Lipinski definition) is 1. The van der Waals surface area contributed by atoms with Crippen molar-refractivity contribution in [3.05, 3.63) is 15.6 Å². The molecule has 0 bridgehead atoms. The lowest BCUT2D eigenvalue weighted by atomic mass is 9.89. The van der Waals surface area contributed by atoms with E-state index in [1.807, 2.05) is 11.3 Å². The minimum absolute atomic E-state index is 0.134. The van der Waals surface area contributed by atoms with Gasteiger partial charge in [-0.2, -0.15) is 0 Å². The van der Waals surface area contributed by atoms with Crippen molar-refractivity contribution in [2.24, 2.45) is 0 Å². The van der Waals surface area contributed by atoms with Crippen LogP contribution in [0.2, 0.25) is 0 Å². The Morgan fingerprint density at radius 1 is 1.40 bits per heavy atom. The molecule has 2 saturated heterocycles. The summed E-state index contributed by atoms with van der Waals surface area (Å²) < 4.78 is 0. The Kier molecular flexibility index (Phi) is 4.16. The summed E-state index contributed by atoms with van der Waals surface area (Å²) in [7, 11) is 0. The van der Waals surface area contributed by atoms with Crippen molar-refractivity contribution in [1.82, 2.24) is 15.2 Å². The van der Waals surface area contributed by atoms with Crippen molar-refractivity contribution in [3.63, 3.8) is 0 Å². The fraction of sp³-hybridized carbons (Fsp3) is 0.812. The van der Waals surface area contributed by atoms with E-state index in [1.54, 1.807) is 0 Å². The van der Waals surface area contributed by atoms with Crippen LogP contribution in [0.5, 0.6) is 0 Å². The van der Waals surface area contributed by atoms with E-state index < -0.39 is 0 Å². The molecule has 1 aromatic rings. The molecule has 4 heteroatoms. The van der Waals surface area contributed by atoms with Crippen molar-refractivity contribution in [3.8, 4) is 0 Å². The van der Waals surface area contributed by atoms with Gasteiger partial charge in [0.1, 0.15) is 5.01 Å². The second kappa shape index (κ2) is 5.74. The SMILES string of the molecule is CCCNC1(c2nc(CC)c(C)s2)CCN2CCCC21. The van der Waals surface area contributed by atoms with E-state index >= 15 is 0 Å². The maximum Gasteiger partial charge on any atom is 0.115 e. The van der Waals surface area contributed by atoms with E-state index in [2.05, 4.69) is 31.0 Å². The number of aryl methyl sites for hydroxylation is 2. The molecule has 0 radical (unpaired) electrons. The average molecular weight is 293 g/mol. The molecule has 0 amide bonds. The maximum atomic E-state index is 5.03. The number of nitrogens with zero attached hydrogens (tertiary/aromatic N) is 2. The largest absolute Gasteiger partial charge is 0.304 e. The molecule has 0 aromatic carbocycles. The molecule has 112 valence electrons. The van der Waals surface area contributed by atoms with Gasteiger partial charge in [0, 0.05) is 17.5 Å². The summed E-state index contributed by atoms with van der Waals surface area (Å²) in [6.45, 7) is 10.3. The van der Waals surface area contributed by atoms with Crippen LogP contribution < -0.4 is 5.32 Å². The van der Waals surface area contributed by atoms with Gasteiger partial charge in [0.15, 0.2) is 0 Å². The van der Waals surface area contributed by atoms with Crippen LogP contribution >= 0.6 is 11.3 Å². The fourth-order valence-corrected chi connectivity index (χ4v) is 5.21. The van der Waals surface area contributed by atoms with Crippen LogP contribution in [0, 0.1) is 6.92 Å². The smallest absolute Gasteiger partial charge is 0.115 e. The van der Waals surface area contributed by atoms with Gasteiger partial charge in [-0.05, 0) is 52.1 Å². The van der Waals surface area contributed by atoms with Crippen LogP contribution in [0.1, 0.15) is 55.1 Å². The molecule has 1 aromatic heterocycles. The predicted molar refractivity (Wildman–Crippen MR) is 85.4 cm³/mol. The minimum Gasteiger partial charge on any atom is -0.304 e. The summed E-state index contributed by atoms with van der Waals surface area (Å²) >= 11 is 1.93. The Bertz CT molecular complexity index is 470. The first-order valence-electron chi connectivity index (χ1n) is 8.17. The van der Waals surface area contributed by atoms with Gasteiger partial charge >= 0.3 is 0 Å². The Morgan fingerprint density at radius 2 is 2.25 bits per heavy atom. The molecule has 20 heavy (non-hydrogen) atoms. The van der Waals surface area contributed by atoms with E-state index in [0.29, 0.717) is 6.04 Å². The highest BCUT2D eigenvalue weighted by Crippen LogP contribution is 2.44. The summed E-state index contributed by atoms with van der Waals surface area (Å²) in [4.78, 5) is 9.12. The molecule has 2 aliphatic heterocycles. The van der Waals surface area contributed by atoms with Gasteiger partial charge in [-0.1, -0.05) is 13.8 Å². The first-order valence-corrected chi connectivity index (χ1v) is 8.98. The zero-order chi connectivity index (χ0) is 14.2. The lowest BCUT2D eigenvalue weighted by Gasteiger charge is -2.34. The lowest BCUT2D eigenvalue weighted by molar-refractivity contribution is 0.225. The van der Waals surface area contributed by atoms with Crippen molar-refractivity contribution < 1.29 is 0 Å². The van der Waals surface area contributed by atoms with Crippen LogP contribution in [0.15, 0.2) is 0 Å². The number of thiazole rings is 1. The standard InChI is InChI=1S/C16H27N3S/c1-4-9-17-16(8-11-19-10-6-7-14(16)19)15-18-13(5-2)12(3)20-15/h14,17H,4-11H2,1-3H3. The quantitative estimate of drug-likeness (QED) is 0.904. The number of fused-ring (bicyclic) bond motifs is 1. The van der Waals surface area contributed by atoms with E-state index in [9.17, 15) is 0 Å². The van der Waals surface area contributed by atoms with Crippen molar-refractivity contribution in [2.45, 2.75) is 64.5 Å². The summed E-state index contributed by atoms with van der Waals surface area (Å²) in [5.74, 6) is 0. The Morgan fingerprint density at radius 3 is 2.95 bits per heavy atom. The summed E-state index contributed by atoms with van der Waals surface area (Å²) in [5, 5.41) is 5.26. The van der Waals surface area contributed by atoms with Crippen LogP contribution in [-0.4, -0.2) is 35.6 Å². The molecule has 2 atom stereocenters. The van der Waals surface area contributed by atoms with E-state index in [1.165, 1.54) is 54.4 Å². The van der Waals surface area contributed by atoms with Gasteiger partial charge in [0.25, 0.3) is 0 Å². The third-order valence-electron chi connectivity index (χ3n) is 5.03. The molecular weight excluding hydrogens is 266 g/mol. The van der Waals surface area contributed by atoms with Crippen LogP contribution in [0.4, 0.5) is 0 Å². The van der Waals surface area contributed by atoms with Gasteiger partial charge in [-0.15, -0.1) is 11.3 Å². The normalized spacial score (nSPS) is 30.1. The Balaban J connectivity index is 1.96. The summed E-state index contributed by atoms with van der Waals surface area (Å²) in [5.41, 5.74) is 1.44. The van der Waals surface area contributed by atoms with Gasteiger partial charge in [-0.25, -0.2) is 4.98 Å². The van der Waals surface area contributed by atoms with E-state index in [-0.39, 0.29) is 5.54 Å².